The molecule has 0 saturated heterocycles. The lowest BCUT2D eigenvalue weighted by atomic mass is 9.43. The molecule has 0 aliphatic heterocycles. The van der Waals surface area contributed by atoms with Crippen LogP contribution in [-0.4, -0.2) is 34.4 Å². The van der Waals surface area contributed by atoms with E-state index in [1.54, 1.807) is 5.57 Å². The number of aliphatic hydroxyl groups is 1. The topological polar surface area (TPSA) is 83.8 Å². The van der Waals surface area contributed by atoms with Crippen molar-refractivity contribution in [3.05, 3.63) is 23.3 Å². The summed E-state index contributed by atoms with van der Waals surface area (Å²) in [5.74, 6) is -1.05. The van der Waals surface area contributed by atoms with Crippen LogP contribution in [0.4, 0.5) is 0 Å². The van der Waals surface area contributed by atoms with Gasteiger partial charge in [-0.2, -0.15) is 0 Å². The van der Waals surface area contributed by atoms with Crippen molar-refractivity contribution in [1.82, 2.24) is 0 Å². The second-order valence-electron chi connectivity index (χ2n) is 14.8. The minimum atomic E-state index is -0.780. The Morgan fingerprint density at radius 3 is 2.29 bits per heavy atom. The van der Waals surface area contributed by atoms with E-state index >= 15 is 0 Å². The number of carbonyl (C=O) groups excluding carboxylic acids is 1. The fourth-order valence-electron chi connectivity index (χ4n) is 9.98. The van der Waals surface area contributed by atoms with Crippen LogP contribution in [0.2, 0.25) is 0 Å². The van der Waals surface area contributed by atoms with Crippen molar-refractivity contribution in [3.8, 4) is 0 Å². The normalized spacial score (nSPS) is 40.7. The molecule has 0 spiro atoms. The Balaban J connectivity index is 1.69. The lowest BCUT2D eigenvalue weighted by Crippen LogP contribution is -2.56. The summed E-state index contributed by atoms with van der Waals surface area (Å²) in [7, 11) is 0. The standard InChI is InChI=1S/C33H52O5/c1-19(2)20(3)10-11-22(29(36)37)28-25(35)18-33(9)24-12-13-26-30(5,6)27(38-21(4)34)15-16-31(26,7)23(24)14-17-32(28,33)8/h19,22,25-28,35H,3,10-18H2,1-2,4-9H3,(H,36,37)/t22-,25+,26-,27+,28-,31+,32+,33-/m0/s1. The van der Waals surface area contributed by atoms with Crippen molar-refractivity contribution in [2.45, 2.75) is 125 Å². The van der Waals surface area contributed by atoms with Crippen LogP contribution in [0, 0.1) is 45.3 Å². The van der Waals surface area contributed by atoms with E-state index in [1.165, 1.54) is 12.5 Å². The van der Waals surface area contributed by atoms with Gasteiger partial charge in [-0.25, -0.2) is 0 Å². The maximum absolute atomic E-state index is 12.6. The average molecular weight is 529 g/mol. The molecule has 2 saturated carbocycles. The number of hydrogen-bond donors (Lipinski definition) is 2. The molecule has 0 heterocycles. The van der Waals surface area contributed by atoms with E-state index in [0.29, 0.717) is 31.1 Å². The SMILES string of the molecule is C=C(CC[C@H](C(=O)O)[C@H]1[C@H](O)C[C@@]2(C)C3=C(CC[C@]12C)[C@@]1(C)CC[C@@H](OC(C)=O)C(C)(C)[C@@H]1CC3)C(C)C. The molecular formula is C33H52O5. The summed E-state index contributed by atoms with van der Waals surface area (Å²) in [5.41, 5.74) is 3.62. The van der Waals surface area contributed by atoms with Crippen molar-refractivity contribution in [2.75, 3.05) is 0 Å². The number of ether oxygens (including phenoxy) is 1. The fraction of sp³-hybridized carbons (Fsp3) is 0.818. The Labute approximate surface area is 230 Å². The predicted octanol–water partition coefficient (Wildman–Crippen LogP) is 7.33. The Bertz CT molecular complexity index is 1020. The number of allylic oxidation sites excluding steroid dienone is 3. The molecule has 38 heavy (non-hydrogen) atoms. The highest BCUT2D eigenvalue weighted by Crippen LogP contribution is 2.72. The van der Waals surface area contributed by atoms with Gasteiger partial charge < -0.3 is 14.9 Å². The molecule has 0 bridgehead atoms. The maximum Gasteiger partial charge on any atom is 0.306 e. The highest BCUT2D eigenvalue weighted by atomic mass is 16.5. The zero-order chi connectivity index (χ0) is 28.4. The predicted molar refractivity (Wildman–Crippen MR) is 150 cm³/mol. The number of aliphatic hydroxyl groups excluding tert-OH is 1. The first-order valence-corrected chi connectivity index (χ1v) is 15.0. The Hall–Kier alpha value is -1.62. The summed E-state index contributed by atoms with van der Waals surface area (Å²) in [6.07, 6.45) is 6.98. The molecule has 0 amide bonds. The Morgan fingerprint density at radius 2 is 1.71 bits per heavy atom. The van der Waals surface area contributed by atoms with E-state index < -0.39 is 18.0 Å². The Kier molecular flexibility index (Phi) is 7.56. The largest absolute Gasteiger partial charge is 0.481 e. The molecule has 8 atom stereocenters. The minimum absolute atomic E-state index is 0.0440. The molecule has 0 aromatic carbocycles. The summed E-state index contributed by atoms with van der Waals surface area (Å²) >= 11 is 0. The molecule has 5 nitrogen and oxygen atoms in total. The molecule has 4 rings (SSSR count). The third kappa shape index (κ3) is 4.30. The zero-order valence-corrected chi connectivity index (χ0v) is 25.2. The number of carbonyl (C=O) groups is 2. The van der Waals surface area contributed by atoms with E-state index in [-0.39, 0.29) is 39.7 Å². The van der Waals surface area contributed by atoms with Gasteiger partial charge in [0.05, 0.1) is 12.0 Å². The molecule has 0 unspecified atom stereocenters. The second kappa shape index (κ2) is 9.78. The monoisotopic (exact) mass is 528 g/mol. The zero-order valence-electron chi connectivity index (χ0n) is 25.2. The summed E-state index contributed by atoms with van der Waals surface area (Å²) < 4.78 is 5.82. The first-order valence-electron chi connectivity index (χ1n) is 15.0. The van der Waals surface area contributed by atoms with E-state index in [2.05, 4.69) is 55.0 Å². The van der Waals surface area contributed by atoms with E-state index in [0.717, 1.165) is 44.1 Å². The first kappa shape index (κ1) is 29.4. The van der Waals surface area contributed by atoms with Crippen molar-refractivity contribution < 1.29 is 24.5 Å². The molecule has 5 heteroatoms. The number of rotatable bonds is 7. The van der Waals surface area contributed by atoms with Crippen molar-refractivity contribution in [3.63, 3.8) is 0 Å². The van der Waals surface area contributed by atoms with Gasteiger partial charge in [-0.15, -0.1) is 0 Å². The molecule has 0 aromatic heterocycles. The third-order valence-electron chi connectivity index (χ3n) is 12.4. The van der Waals surface area contributed by atoms with Gasteiger partial charge in [0.1, 0.15) is 6.10 Å². The number of esters is 1. The molecule has 214 valence electrons. The number of aliphatic carboxylic acids is 1. The fourth-order valence-corrected chi connectivity index (χ4v) is 9.98. The van der Waals surface area contributed by atoms with E-state index in [4.69, 9.17) is 4.74 Å². The van der Waals surface area contributed by atoms with Gasteiger partial charge in [0, 0.05) is 18.3 Å². The van der Waals surface area contributed by atoms with Crippen LogP contribution in [0.15, 0.2) is 23.3 Å². The van der Waals surface area contributed by atoms with Gasteiger partial charge in [0.15, 0.2) is 0 Å². The number of hydrogen-bond acceptors (Lipinski definition) is 4. The first-order chi connectivity index (χ1) is 17.5. The molecular weight excluding hydrogens is 476 g/mol. The average Bonchev–Trinajstić information content (AvgIpc) is 3.01. The summed E-state index contributed by atoms with van der Waals surface area (Å²) in [6, 6.07) is 0. The third-order valence-corrected chi connectivity index (χ3v) is 12.4. The molecule has 4 aliphatic rings. The van der Waals surface area contributed by atoms with Crippen LogP contribution in [0.1, 0.15) is 113 Å². The minimum Gasteiger partial charge on any atom is -0.481 e. The number of carboxylic acid groups (broad SMARTS) is 1. The van der Waals surface area contributed by atoms with Gasteiger partial charge in [-0.3, -0.25) is 9.59 Å². The maximum atomic E-state index is 12.6. The highest BCUT2D eigenvalue weighted by molar-refractivity contribution is 5.71. The van der Waals surface area contributed by atoms with E-state index in [9.17, 15) is 19.8 Å². The summed E-state index contributed by atoms with van der Waals surface area (Å²) in [4.78, 5) is 24.5. The van der Waals surface area contributed by atoms with E-state index in [1.807, 2.05) is 0 Å². The van der Waals surface area contributed by atoms with Crippen molar-refractivity contribution >= 4 is 11.9 Å². The smallest absolute Gasteiger partial charge is 0.306 e. The van der Waals surface area contributed by atoms with Gasteiger partial charge >= 0.3 is 11.9 Å². The quantitative estimate of drug-likeness (QED) is 0.267. The van der Waals surface area contributed by atoms with Crippen molar-refractivity contribution in [2.24, 2.45) is 45.3 Å². The molecule has 4 aliphatic carbocycles. The van der Waals surface area contributed by atoms with Crippen LogP contribution in [-0.2, 0) is 14.3 Å². The molecule has 0 radical (unpaired) electrons. The second-order valence-corrected chi connectivity index (χ2v) is 14.8. The molecule has 0 aromatic rings. The number of fused-ring (bicyclic) bond motifs is 4. The van der Waals surface area contributed by atoms with Crippen LogP contribution in [0.5, 0.6) is 0 Å². The number of carboxylic acids is 1. The summed E-state index contributed by atoms with van der Waals surface area (Å²) in [5, 5.41) is 22.0. The van der Waals surface area contributed by atoms with Crippen molar-refractivity contribution in [1.29, 1.82) is 0 Å². The highest BCUT2D eigenvalue weighted by Gasteiger charge is 2.66. The van der Waals surface area contributed by atoms with Crippen LogP contribution in [0.3, 0.4) is 0 Å². The van der Waals surface area contributed by atoms with Gasteiger partial charge in [0.2, 0.25) is 0 Å². The van der Waals surface area contributed by atoms with Gasteiger partial charge in [-0.1, -0.05) is 71.8 Å². The lowest BCUT2D eigenvalue weighted by molar-refractivity contribution is -0.167. The molecule has 2 N–H and O–H groups in total. The Morgan fingerprint density at radius 1 is 1.05 bits per heavy atom. The lowest BCUT2D eigenvalue weighted by Gasteiger charge is -2.62. The van der Waals surface area contributed by atoms with Crippen LogP contribution < -0.4 is 0 Å². The van der Waals surface area contributed by atoms with Crippen LogP contribution in [0.25, 0.3) is 0 Å². The van der Waals surface area contributed by atoms with Crippen LogP contribution >= 0.6 is 0 Å². The van der Waals surface area contributed by atoms with Gasteiger partial charge in [-0.05, 0) is 85.9 Å². The summed E-state index contributed by atoms with van der Waals surface area (Å²) in [6.45, 7) is 21.5. The van der Waals surface area contributed by atoms with Gasteiger partial charge in [0.25, 0.3) is 0 Å². The molecule has 2 fully saturated rings.